The molecule has 2 heterocycles. The van der Waals surface area contributed by atoms with Crippen molar-refractivity contribution in [2.45, 2.75) is 64.2 Å². The summed E-state index contributed by atoms with van der Waals surface area (Å²) < 4.78 is 5.46. The Hall–Kier alpha value is -0.900. The molecule has 4 heteroatoms. The zero-order valence-electron chi connectivity index (χ0n) is 12.6. The molecule has 0 spiro atoms. The Labute approximate surface area is 121 Å². The smallest absolute Gasteiger partial charge is 0.226 e. The van der Waals surface area contributed by atoms with Crippen molar-refractivity contribution in [3.05, 3.63) is 11.7 Å². The lowest BCUT2D eigenvalue weighted by atomic mass is 9.82. The van der Waals surface area contributed by atoms with Crippen LogP contribution in [0.15, 0.2) is 4.52 Å². The number of nitrogens with one attached hydrogen (secondary N) is 1. The Morgan fingerprint density at radius 2 is 2.20 bits per heavy atom. The molecular weight excluding hydrogens is 250 g/mol. The average molecular weight is 277 g/mol. The van der Waals surface area contributed by atoms with Gasteiger partial charge in [0.25, 0.3) is 0 Å². The van der Waals surface area contributed by atoms with E-state index in [2.05, 4.69) is 22.4 Å². The first-order valence-corrected chi connectivity index (χ1v) is 8.34. The minimum absolute atomic E-state index is 0.535. The fourth-order valence-corrected chi connectivity index (χ4v) is 3.70. The standard InChI is InChI=1S/C16H27N3O/c1-12-4-2-6-14(10-12)16-18-15(20-19-16)8-7-13-5-3-9-17-11-13/h12-14,17H,2-11H2,1H3. The molecule has 1 aromatic heterocycles. The van der Waals surface area contributed by atoms with E-state index < -0.39 is 0 Å². The Bertz CT molecular complexity index is 412. The molecule has 0 aromatic carbocycles. The van der Waals surface area contributed by atoms with Crippen molar-refractivity contribution >= 4 is 0 Å². The minimum atomic E-state index is 0.535. The number of aromatic nitrogens is 2. The van der Waals surface area contributed by atoms with Crippen LogP contribution in [0.4, 0.5) is 0 Å². The second-order valence-corrected chi connectivity index (χ2v) is 6.77. The summed E-state index contributed by atoms with van der Waals surface area (Å²) in [6.45, 7) is 4.67. The van der Waals surface area contributed by atoms with Crippen molar-refractivity contribution < 1.29 is 4.52 Å². The average Bonchev–Trinajstić information content (AvgIpc) is 2.95. The van der Waals surface area contributed by atoms with Crippen molar-refractivity contribution in [1.82, 2.24) is 15.5 Å². The topological polar surface area (TPSA) is 51.0 Å². The van der Waals surface area contributed by atoms with Gasteiger partial charge in [0.1, 0.15) is 0 Å². The first-order chi connectivity index (χ1) is 9.81. The van der Waals surface area contributed by atoms with E-state index >= 15 is 0 Å². The van der Waals surface area contributed by atoms with Gasteiger partial charge in [0, 0.05) is 12.3 Å². The van der Waals surface area contributed by atoms with Gasteiger partial charge in [0.05, 0.1) is 0 Å². The molecule has 1 aliphatic heterocycles. The van der Waals surface area contributed by atoms with Crippen LogP contribution in [0.1, 0.15) is 69.5 Å². The molecule has 3 atom stereocenters. The van der Waals surface area contributed by atoms with Crippen LogP contribution in [-0.2, 0) is 6.42 Å². The summed E-state index contributed by atoms with van der Waals surface area (Å²) in [6.07, 6.45) is 9.89. The molecule has 0 amide bonds. The summed E-state index contributed by atoms with van der Waals surface area (Å²) in [4.78, 5) is 4.65. The molecule has 0 radical (unpaired) electrons. The summed E-state index contributed by atoms with van der Waals surface area (Å²) in [7, 11) is 0. The van der Waals surface area contributed by atoms with Gasteiger partial charge < -0.3 is 9.84 Å². The van der Waals surface area contributed by atoms with Gasteiger partial charge >= 0.3 is 0 Å². The van der Waals surface area contributed by atoms with Gasteiger partial charge in [-0.05, 0) is 57.0 Å². The summed E-state index contributed by atoms with van der Waals surface area (Å²) in [6, 6.07) is 0. The summed E-state index contributed by atoms with van der Waals surface area (Å²) in [5.41, 5.74) is 0. The third-order valence-electron chi connectivity index (χ3n) is 4.95. The number of hydrogen-bond acceptors (Lipinski definition) is 4. The molecule has 0 bridgehead atoms. The predicted molar refractivity (Wildman–Crippen MR) is 78.6 cm³/mol. The van der Waals surface area contributed by atoms with Crippen LogP contribution in [0.25, 0.3) is 0 Å². The lowest BCUT2D eigenvalue weighted by Crippen LogP contribution is -2.29. The SMILES string of the molecule is CC1CCCC(c2noc(CCC3CCCNC3)n2)C1. The maximum absolute atomic E-state index is 5.46. The van der Waals surface area contributed by atoms with Gasteiger partial charge in [0.2, 0.25) is 5.89 Å². The molecule has 4 nitrogen and oxygen atoms in total. The summed E-state index contributed by atoms with van der Waals surface area (Å²) in [5.74, 6) is 3.95. The number of rotatable bonds is 4. The van der Waals surface area contributed by atoms with Crippen LogP contribution in [0, 0.1) is 11.8 Å². The molecule has 1 aromatic rings. The zero-order valence-corrected chi connectivity index (χ0v) is 12.6. The fraction of sp³-hybridized carbons (Fsp3) is 0.875. The van der Waals surface area contributed by atoms with E-state index in [0.29, 0.717) is 5.92 Å². The molecule has 3 rings (SSSR count). The lowest BCUT2D eigenvalue weighted by Gasteiger charge is -2.23. The van der Waals surface area contributed by atoms with Crippen molar-refractivity contribution in [3.63, 3.8) is 0 Å². The maximum Gasteiger partial charge on any atom is 0.226 e. The molecule has 1 saturated heterocycles. The second kappa shape index (κ2) is 6.70. The largest absolute Gasteiger partial charge is 0.339 e. The Morgan fingerprint density at radius 3 is 3.00 bits per heavy atom. The van der Waals surface area contributed by atoms with E-state index in [-0.39, 0.29) is 0 Å². The Kier molecular flexibility index (Phi) is 4.71. The quantitative estimate of drug-likeness (QED) is 0.917. The van der Waals surface area contributed by atoms with Crippen LogP contribution >= 0.6 is 0 Å². The highest BCUT2D eigenvalue weighted by Gasteiger charge is 2.24. The van der Waals surface area contributed by atoms with Crippen molar-refractivity contribution in [1.29, 1.82) is 0 Å². The van der Waals surface area contributed by atoms with E-state index in [0.717, 1.165) is 36.5 Å². The maximum atomic E-state index is 5.46. The van der Waals surface area contributed by atoms with Crippen LogP contribution in [0.5, 0.6) is 0 Å². The van der Waals surface area contributed by atoms with Gasteiger partial charge in [-0.1, -0.05) is 24.9 Å². The van der Waals surface area contributed by atoms with Crippen LogP contribution in [-0.4, -0.2) is 23.2 Å². The molecule has 2 aliphatic rings. The van der Waals surface area contributed by atoms with E-state index in [1.54, 1.807) is 0 Å². The Balaban J connectivity index is 1.51. The molecule has 1 aliphatic carbocycles. The molecule has 3 unspecified atom stereocenters. The van der Waals surface area contributed by atoms with Crippen molar-refractivity contribution in [2.75, 3.05) is 13.1 Å². The van der Waals surface area contributed by atoms with Gasteiger partial charge in [-0.2, -0.15) is 4.98 Å². The summed E-state index contributed by atoms with van der Waals surface area (Å²) in [5, 5.41) is 7.70. The number of aryl methyl sites for hydroxylation is 1. The molecular formula is C16H27N3O. The van der Waals surface area contributed by atoms with Crippen molar-refractivity contribution in [3.8, 4) is 0 Å². The fourth-order valence-electron chi connectivity index (χ4n) is 3.70. The number of piperidine rings is 1. The van der Waals surface area contributed by atoms with Crippen molar-refractivity contribution in [2.24, 2.45) is 11.8 Å². The predicted octanol–water partition coefficient (Wildman–Crippen LogP) is 3.30. The van der Waals surface area contributed by atoms with Crippen LogP contribution in [0.3, 0.4) is 0 Å². The van der Waals surface area contributed by atoms with Gasteiger partial charge in [-0.3, -0.25) is 0 Å². The van der Waals surface area contributed by atoms with E-state index in [4.69, 9.17) is 4.52 Å². The van der Waals surface area contributed by atoms with E-state index in [9.17, 15) is 0 Å². The first-order valence-electron chi connectivity index (χ1n) is 8.34. The van der Waals surface area contributed by atoms with Crippen LogP contribution < -0.4 is 5.32 Å². The highest BCUT2D eigenvalue weighted by Crippen LogP contribution is 2.34. The van der Waals surface area contributed by atoms with Crippen LogP contribution in [0.2, 0.25) is 0 Å². The zero-order chi connectivity index (χ0) is 13.8. The van der Waals surface area contributed by atoms with Gasteiger partial charge in [-0.25, -0.2) is 0 Å². The normalized spacial score (nSPS) is 31.4. The third kappa shape index (κ3) is 3.60. The monoisotopic (exact) mass is 277 g/mol. The second-order valence-electron chi connectivity index (χ2n) is 6.77. The highest BCUT2D eigenvalue weighted by atomic mass is 16.5. The molecule has 2 fully saturated rings. The molecule has 1 N–H and O–H groups in total. The lowest BCUT2D eigenvalue weighted by molar-refractivity contribution is 0.312. The minimum Gasteiger partial charge on any atom is -0.339 e. The third-order valence-corrected chi connectivity index (χ3v) is 4.95. The molecule has 112 valence electrons. The van der Waals surface area contributed by atoms with Gasteiger partial charge in [0.15, 0.2) is 5.82 Å². The highest BCUT2D eigenvalue weighted by molar-refractivity contribution is 4.98. The molecule has 1 saturated carbocycles. The first kappa shape index (κ1) is 14.1. The van der Waals surface area contributed by atoms with Gasteiger partial charge in [-0.15, -0.1) is 0 Å². The molecule has 20 heavy (non-hydrogen) atoms. The van der Waals surface area contributed by atoms with E-state index in [1.807, 2.05) is 0 Å². The number of nitrogens with zero attached hydrogens (tertiary/aromatic N) is 2. The Morgan fingerprint density at radius 1 is 1.25 bits per heavy atom. The van der Waals surface area contributed by atoms with E-state index in [1.165, 1.54) is 51.5 Å². The number of hydrogen-bond donors (Lipinski definition) is 1. The summed E-state index contributed by atoms with van der Waals surface area (Å²) >= 11 is 0.